The highest BCUT2D eigenvalue weighted by molar-refractivity contribution is 8.00. The lowest BCUT2D eigenvalue weighted by Gasteiger charge is -2.35. The highest BCUT2D eigenvalue weighted by Crippen LogP contribution is 2.52. The van der Waals surface area contributed by atoms with Crippen LogP contribution < -0.4 is 20.7 Å². The average Bonchev–Trinajstić information content (AvgIpc) is 3.95. The van der Waals surface area contributed by atoms with E-state index in [2.05, 4.69) is 228 Å². The molecule has 1 aliphatic heterocycles. The van der Waals surface area contributed by atoms with Crippen molar-refractivity contribution in [2.75, 3.05) is 0 Å². The first-order valence-electron chi connectivity index (χ1n) is 20.2. The number of rotatable bonds is 6. The van der Waals surface area contributed by atoms with Crippen LogP contribution in [0.3, 0.4) is 0 Å². The number of fused-ring (bicyclic) bond motifs is 10. The third-order valence-electron chi connectivity index (χ3n) is 12.6. The van der Waals surface area contributed by atoms with Crippen molar-refractivity contribution in [3.8, 4) is 11.4 Å². The van der Waals surface area contributed by atoms with E-state index in [-0.39, 0.29) is 0 Å². The van der Waals surface area contributed by atoms with E-state index in [1.807, 2.05) is 11.8 Å². The van der Waals surface area contributed by atoms with Crippen LogP contribution in [0.4, 0.5) is 0 Å². The van der Waals surface area contributed by atoms with Crippen molar-refractivity contribution in [2.24, 2.45) is 0 Å². The topological polar surface area (TPSA) is 9.86 Å². The molecule has 0 amide bonds. The van der Waals surface area contributed by atoms with E-state index in [1.165, 1.54) is 86.2 Å². The smallest absolute Gasteiger partial charge is 0.179 e. The van der Waals surface area contributed by atoms with Crippen LogP contribution in [-0.4, -0.2) is 22.5 Å². The first-order valence-corrected chi connectivity index (χ1v) is 23.1. The van der Waals surface area contributed by atoms with Crippen LogP contribution in [0.2, 0.25) is 0 Å². The molecule has 2 aliphatic rings. The molecule has 0 fully saturated rings. The molecule has 0 spiro atoms. The highest BCUT2D eigenvalue weighted by atomic mass is 32.2. The minimum atomic E-state index is -2.94. The zero-order valence-corrected chi connectivity index (χ0v) is 33.6. The number of hydrogen-bond donors (Lipinski definition) is 0. The number of para-hydroxylation sites is 3. The van der Waals surface area contributed by atoms with Gasteiger partial charge in [-0.25, -0.2) is 0 Å². The van der Waals surface area contributed by atoms with Crippen LogP contribution in [0.25, 0.3) is 55.0 Å². The fourth-order valence-corrected chi connectivity index (χ4v) is 16.3. The number of nitrogens with zero attached hydrogens (tertiary/aromatic N) is 2. The van der Waals surface area contributed by atoms with Gasteiger partial charge in [0.2, 0.25) is 0 Å². The summed E-state index contributed by atoms with van der Waals surface area (Å²) in [5.74, 6) is 0.373. The van der Waals surface area contributed by atoms with Gasteiger partial charge >= 0.3 is 0 Å². The molecule has 12 rings (SSSR count). The molecule has 1 aliphatic carbocycles. The molecule has 0 saturated carbocycles. The molecule has 0 N–H and O–H groups in total. The molecule has 10 aromatic rings. The normalized spacial score (nSPS) is 16.1. The van der Waals surface area contributed by atoms with Gasteiger partial charge in [0, 0.05) is 49.0 Å². The number of allylic oxidation sites excluding steroid dienone is 3. The number of hydrogen-bond acceptors (Lipinski definition) is 1. The van der Waals surface area contributed by atoms with Crippen molar-refractivity contribution in [3.05, 3.63) is 224 Å². The second-order valence-electron chi connectivity index (χ2n) is 15.6. The third-order valence-corrected chi connectivity index (χ3v) is 18.7. The number of benzene rings is 8. The van der Waals surface area contributed by atoms with E-state index in [0.717, 1.165) is 0 Å². The molecule has 2 nitrogen and oxygen atoms in total. The molecule has 2 unspecified atom stereocenters. The lowest BCUT2D eigenvalue weighted by molar-refractivity contribution is 0.891. The van der Waals surface area contributed by atoms with Crippen molar-refractivity contribution in [3.63, 3.8) is 0 Å². The molecular formula is C54H38N2SSi. The van der Waals surface area contributed by atoms with E-state index in [4.69, 9.17) is 0 Å². The Hall–Kier alpha value is -6.59. The molecule has 0 saturated heterocycles. The van der Waals surface area contributed by atoms with Crippen molar-refractivity contribution in [1.82, 2.24) is 9.13 Å². The Labute approximate surface area is 343 Å². The van der Waals surface area contributed by atoms with E-state index >= 15 is 0 Å². The van der Waals surface area contributed by atoms with Gasteiger partial charge in [0.1, 0.15) is 0 Å². The van der Waals surface area contributed by atoms with Gasteiger partial charge < -0.3 is 9.13 Å². The first-order chi connectivity index (χ1) is 28.8. The fourth-order valence-electron chi connectivity index (χ4n) is 10.2. The van der Waals surface area contributed by atoms with Gasteiger partial charge in [0.05, 0.1) is 22.1 Å². The Morgan fingerprint density at radius 3 is 1.71 bits per heavy atom. The van der Waals surface area contributed by atoms with E-state index in [0.29, 0.717) is 11.2 Å². The van der Waals surface area contributed by atoms with Crippen LogP contribution in [-0.2, 0) is 0 Å². The van der Waals surface area contributed by atoms with Crippen molar-refractivity contribution in [2.45, 2.75) is 16.1 Å². The number of thioether (sulfide) groups is 1. The maximum absolute atomic E-state index is 2.94. The maximum atomic E-state index is 2.53. The van der Waals surface area contributed by atoms with E-state index in [1.54, 1.807) is 0 Å². The van der Waals surface area contributed by atoms with Gasteiger partial charge in [-0.05, 0) is 80.9 Å². The summed E-state index contributed by atoms with van der Waals surface area (Å²) in [6.07, 6.45) is 9.22. The second-order valence-corrected chi connectivity index (χ2v) is 20.6. The Morgan fingerprint density at radius 1 is 0.397 bits per heavy atom. The Morgan fingerprint density at radius 2 is 0.948 bits per heavy atom. The van der Waals surface area contributed by atoms with Crippen molar-refractivity contribution >= 4 is 84.2 Å². The predicted octanol–water partition coefficient (Wildman–Crippen LogP) is 10.9. The zero-order chi connectivity index (χ0) is 38.2. The molecule has 274 valence electrons. The molecule has 2 atom stereocenters. The summed E-state index contributed by atoms with van der Waals surface area (Å²) in [6.45, 7) is 0. The van der Waals surface area contributed by atoms with Crippen LogP contribution in [0.15, 0.2) is 223 Å². The summed E-state index contributed by atoms with van der Waals surface area (Å²) in [5, 5.41) is 11.1. The average molecular weight is 775 g/mol. The molecule has 4 heteroatoms. The molecule has 2 aromatic heterocycles. The van der Waals surface area contributed by atoms with Gasteiger partial charge in [-0.3, -0.25) is 0 Å². The molecule has 8 aromatic carbocycles. The minimum Gasteiger partial charge on any atom is -0.309 e. The molecule has 3 heterocycles. The summed E-state index contributed by atoms with van der Waals surface area (Å²) in [4.78, 5) is 1.40. The van der Waals surface area contributed by atoms with Gasteiger partial charge in [-0.15, -0.1) is 11.8 Å². The lowest BCUT2D eigenvalue weighted by Crippen LogP contribution is -2.74. The lowest BCUT2D eigenvalue weighted by atomic mass is 9.89. The summed E-state index contributed by atoms with van der Waals surface area (Å²) in [7, 11) is -2.94. The summed E-state index contributed by atoms with van der Waals surface area (Å²) in [6, 6.07) is 72.9. The van der Waals surface area contributed by atoms with Gasteiger partial charge in [-0.1, -0.05) is 164 Å². The Kier molecular flexibility index (Phi) is 7.66. The van der Waals surface area contributed by atoms with Crippen molar-refractivity contribution < 1.29 is 0 Å². The van der Waals surface area contributed by atoms with Crippen LogP contribution in [0, 0.1) is 0 Å². The summed E-state index contributed by atoms with van der Waals surface area (Å²) in [5.41, 5.74) is 8.78. The van der Waals surface area contributed by atoms with Gasteiger partial charge in [0.25, 0.3) is 0 Å². The zero-order valence-electron chi connectivity index (χ0n) is 31.7. The summed E-state index contributed by atoms with van der Waals surface area (Å²) < 4.78 is 4.95. The quantitative estimate of drug-likeness (QED) is 0.121. The van der Waals surface area contributed by atoms with Gasteiger partial charge in [0.15, 0.2) is 8.07 Å². The predicted molar refractivity (Wildman–Crippen MR) is 249 cm³/mol. The third kappa shape index (κ3) is 4.86. The van der Waals surface area contributed by atoms with Crippen LogP contribution in [0.5, 0.6) is 0 Å². The Balaban J connectivity index is 1.15. The minimum absolute atomic E-state index is 0.373. The van der Waals surface area contributed by atoms with E-state index in [9.17, 15) is 0 Å². The highest BCUT2D eigenvalue weighted by Gasteiger charge is 2.42. The first kappa shape index (κ1) is 33.5. The molecule has 0 radical (unpaired) electrons. The maximum Gasteiger partial charge on any atom is 0.179 e. The second kappa shape index (κ2) is 13.2. The standard InChI is InChI=1S/C54H38N2SSi/c1-4-17-37(18-5-1)55-47-28-13-10-25-43(47)46-36-42(31-32-49(46)55)58(39-20-6-2-7-21-39,40-22-8-3-9-23-40)41-24-16-19-38(35-41)56-48-29-14-11-26-44(48)53-50(56)33-34-52-54(53)45-27-12-15-30-51(45)57-52/h1-36,45,51H. The summed E-state index contributed by atoms with van der Waals surface area (Å²) >= 11 is 2.01. The van der Waals surface area contributed by atoms with Crippen LogP contribution >= 0.6 is 11.8 Å². The van der Waals surface area contributed by atoms with Gasteiger partial charge in [-0.2, -0.15) is 0 Å². The largest absolute Gasteiger partial charge is 0.309 e. The van der Waals surface area contributed by atoms with E-state index < -0.39 is 8.07 Å². The Bertz CT molecular complexity index is 3230. The molecular weight excluding hydrogens is 737 g/mol. The molecule has 0 bridgehead atoms. The monoisotopic (exact) mass is 774 g/mol. The fraction of sp³-hybridized carbons (Fsp3) is 0.0370. The SMILES string of the molecule is C1=CC2Sc3ccc4c(c3C2C=C1)c1ccccc1n4-c1cccc([Si](c2ccccc2)(c2ccccc2)c2ccc3c(c2)c2ccccc2n3-c2ccccc2)c1. The van der Waals surface area contributed by atoms with Crippen LogP contribution in [0.1, 0.15) is 11.5 Å². The molecule has 58 heavy (non-hydrogen) atoms. The van der Waals surface area contributed by atoms with Crippen molar-refractivity contribution in [1.29, 1.82) is 0 Å². The number of aromatic nitrogens is 2.